The average Bonchev–Trinajstić information content (AvgIpc) is 2.49. The van der Waals surface area contributed by atoms with E-state index in [2.05, 4.69) is 5.73 Å². The van der Waals surface area contributed by atoms with Gasteiger partial charge in [0.05, 0.1) is 14.2 Å². The second kappa shape index (κ2) is 6.48. The average molecular weight is 252 g/mol. The van der Waals surface area contributed by atoms with E-state index in [1.165, 1.54) is 0 Å². The minimum atomic E-state index is 0.858. The summed E-state index contributed by atoms with van der Waals surface area (Å²) in [5, 5.41) is 0. The molecule has 2 heteroatoms. The number of ether oxygens (including phenoxy) is 2. The van der Waals surface area contributed by atoms with Crippen molar-refractivity contribution in [3.8, 4) is 11.5 Å². The first-order chi connectivity index (χ1) is 9.31. The Hall–Kier alpha value is -2.44. The first-order valence-electron chi connectivity index (χ1n) is 6.02. The Bertz CT molecular complexity index is 522. The summed E-state index contributed by atoms with van der Waals surface area (Å²) in [5.41, 5.74) is 5.34. The molecule has 0 saturated carbocycles. The summed E-state index contributed by atoms with van der Waals surface area (Å²) in [6.45, 7) is 0. The molecule has 0 amide bonds. The summed E-state index contributed by atoms with van der Waals surface area (Å²) >= 11 is 0. The topological polar surface area (TPSA) is 18.5 Å². The summed E-state index contributed by atoms with van der Waals surface area (Å²) in [6.07, 6.45) is 3.87. The van der Waals surface area contributed by atoms with Gasteiger partial charge in [-0.15, -0.1) is 5.73 Å². The lowest BCUT2D eigenvalue weighted by Crippen LogP contribution is -1.81. The fourth-order valence-electron chi connectivity index (χ4n) is 1.63. The van der Waals surface area contributed by atoms with Crippen LogP contribution in [-0.4, -0.2) is 14.2 Å². The van der Waals surface area contributed by atoms with Crippen molar-refractivity contribution < 1.29 is 9.47 Å². The zero-order valence-electron chi connectivity index (χ0n) is 11.1. The molecule has 0 fully saturated rings. The van der Waals surface area contributed by atoms with E-state index in [1.54, 1.807) is 14.2 Å². The van der Waals surface area contributed by atoms with Gasteiger partial charge in [0.25, 0.3) is 0 Å². The van der Waals surface area contributed by atoms with E-state index in [0.29, 0.717) is 0 Å². The fourth-order valence-corrected chi connectivity index (χ4v) is 1.63. The van der Waals surface area contributed by atoms with E-state index in [0.717, 1.165) is 22.6 Å². The Morgan fingerprint density at radius 1 is 0.684 bits per heavy atom. The van der Waals surface area contributed by atoms with E-state index in [4.69, 9.17) is 9.47 Å². The van der Waals surface area contributed by atoms with E-state index in [9.17, 15) is 0 Å². The number of benzene rings is 2. The highest BCUT2D eigenvalue weighted by Crippen LogP contribution is 2.13. The molecule has 0 spiro atoms. The molecule has 0 aliphatic rings. The van der Waals surface area contributed by atoms with Crippen LogP contribution in [0.3, 0.4) is 0 Å². The predicted octanol–water partition coefficient (Wildman–Crippen LogP) is 4.03. The number of hydrogen-bond acceptors (Lipinski definition) is 2. The lowest BCUT2D eigenvalue weighted by Gasteiger charge is -1.98. The van der Waals surface area contributed by atoms with Gasteiger partial charge in [-0.05, 0) is 47.5 Å². The van der Waals surface area contributed by atoms with Crippen LogP contribution in [0.5, 0.6) is 11.5 Å². The van der Waals surface area contributed by atoms with Crippen LogP contribution in [-0.2, 0) is 0 Å². The molecular weight excluding hydrogens is 236 g/mol. The predicted molar refractivity (Wildman–Crippen MR) is 78.4 cm³/mol. The second-order valence-electron chi connectivity index (χ2n) is 4.00. The quantitative estimate of drug-likeness (QED) is 0.765. The van der Waals surface area contributed by atoms with Gasteiger partial charge >= 0.3 is 0 Å². The van der Waals surface area contributed by atoms with Crippen LogP contribution >= 0.6 is 0 Å². The molecule has 2 aromatic carbocycles. The number of methoxy groups -OCH3 is 2. The van der Waals surface area contributed by atoms with Gasteiger partial charge in [0, 0.05) is 0 Å². The molecule has 0 unspecified atom stereocenters. The fraction of sp³-hybridized carbons (Fsp3) is 0.118. The highest BCUT2D eigenvalue weighted by molar-refractivity contribution is 5.58. The van der Waals surface area contributed by atoms with Gasteiger partial charge in [0.15, 0.2) is 0 Å². The lowest BCUT2D eigenvalue weighted by molar-refractivity contribution is 0.414. The zero-order valence-corrected chi connectivity index (χ0v) is 11.1. The van der Waals surface area contributed by atoms with Crippen molar-refractivity contribution in [3.05, 3.63) is 65.4 Å². The Morgan fingerprint density at radius 3 is 1.37 bits per heavy atom. The standard InChI is InChI=1S/C17H16O2/c1-18-16-10-6-14(7-11-16)4-3-5-15-8-12-17(19-2)13-9-15/h4-13H,1-2H3. The van der Waals surface area contributed by atoms with Crippen molar-refractivity contribution in [1.82, 2.24) is 0 Å². The van der Waals surface area contributed by atoms with Crippen molar-refractivity contribution in [1.29, 1.82) is 0 Å². The van der Waals surface area contributed by atoms with E-state index >= 15 is 0 Å². The molecule has 0 saturated heterocycles. The highest BCUT2D eigenvalue weighted by atomic mass is 16.5. The molecule has 0 bridgehead atoms. The maximum Gasteiger partial charge on any atom is 0.118 e. The molecule has 96 valence electrons. The molecule has 2 nitrogen and oxygen atoms in total. The third-order valence-electron chi connectivity index (χ3n) is 2.73. The van der Waals surface area contributed by atoms with Crippen LogP contribution in [0.15, 0.2) is 54.3 Å². The van der Waals surface area contributed by atoms with Crippen molar-refractivity contribution in [2.45, 2.75) is 0 Å². The van der Waals surface area contributed by atoms with Crippen molar-refractivity contribution >= 4 is 12.2 Å². The Morgan fingerprint density at radius 2 is 1.05 bits per heavy atom. The minimum absolute atomic E-state index is 0.858. The monoisotopic (exact) mass is 252 g/mol. The molecule has 0 heterocycles. The van der Waals surface area contributed by atoms with Crippen LogP contribution in [0.25, 0.3) is 12.2 Å². The lowest BCUT2D eigenvalue weighted by atomic mass is 10.2. The third kappa shape index (κ3) is 3.77. The Kier molecular flexibility index (Phi) is 4.44. The molecule has 19 heavy (non-hydrogen) atoms. The van der Waals surface area contributed by atoms with Crippen molar-refractivity contribution in [2.75, 3.05) is 14.2 Å². The number of rotatable bonds is 4. The van der Waals surface area contributed by atoms with Crippen molar-refractivity contribution in [2.24, 2.45) is 0 Å². The van der Waals surface area contributed by atoms with Gasteiger partial charge in [-0.25, -0.2) is 0 Å². The summed E-state index contributed by atoms with van der Waals surface area (Å²) < 4.78 is 10.2. The summed E-state index contributed by atoms with van der Waals surface area (Å²) in [6, 6.07) is 15.7. The van der Waals surface area contributed by atoms with Crippen LogP contribution in [0.4, 0.5) is 0 Å². The summed E-state index contributed by atoms with van der Waals surface area (Å²) in [5.74, 6) is 1.72. The molecule has 0 aliphatic heterocycles. The molecule has 0 atom stereocenters. The smallest absolute Gasteiger partial charge is 0.118 e. The first-order valence-corrected chi connectivity index (χ1v) is 6.02. The maximum absolute atomic E-state index is 5.11. The summed E-state index contributed by atoms with van der Waals surface area (Å²) in [4.78, 5) is 0. The molecule has 0 aliphatic carbocycles. The van der Waals surface area contributed by atoms with Gasteiger partial charge in [-0.3, -0.25) is 0 Å². The van der Waals surface area contributed by atoms with Crippen LogP contribution in [0.2, 0.25) is 0 Å². The normalized spacial score (nSPS) is 9.37. The molecule has 0 aromatic heterocycles. The van der Waals surface area contributed by atoms with Gasteiger partial charge in [0.2, 0.25) is 0 Å². The SMILES string of the molecule is COc1ccc(C=C=Cc2ccc(OC)cc2)cc1. The third-order valence-corrected chi connectivity index (χ3v) is 2.73. The van der Waals surface area contributed by atoms with Gasteiger partial charge in [-0.2, -0.15) is 0 Å². The molecular formula is C17H16O2. The largest absolute Gasteiger partial charge is 0.497 e. The highest BCUT2D eigenvalue weighted by Gasteiger charge is 1.90. The van der Waals surface area contributed by atoms with Crippen LogP contribution in [0.1, 0.15) is 11.1 Å². The van der Waals surface area contributed by atoms with Crippen LogP contribution in [0, 0.1) is 0 Å². The maximum atomic E-state index is 5.11. The molecule has 2 rings (SSSR count). The van der Waals surface area contributed by atoms with Gasteiger partial charge in [-0.1, -0.05) is 24.3 Å². The Balaban J connectivity index is 2.09. The molecule has 2 aromatic rings. The van der Waals surface area contributed by atoms with Crippen LogP contribution < -0.4 is 9.47 Å². The van der Waals surface area contributed by atoms with Gasteiger partial charge in [0.1, 0.15) is 11.5 Å². The molecule has 0 N–H and O–H groups in total. The zero-order chi connectivity index (χ0) is 13.5. The molecule has 0 radical (unpaired) electrons. The van der Waals surface area contributed by atoms with E-state index < -0.39 is 0 Å². The number of hydrogen-bond donors (Lipinski definition) is 0. The van der Waals surface area contributed by atoms with Crippen molar-refractivity contribution in [3.63, 3.8) is 0 Å². The van der Waals surface area contributed by atoms with E-state index in [-0.39, 0.29) is 0 Å². The van der Waals surface area contributed by atoms with E-state index in [1.807, 2.05) is 60.7 Å². The summed E-state index contributed by atoms with van der Waals surface area (Å²) in [7, 11) is 3.32. The first kappa shape index (κ1) is 13.0. The Labute approximate surface area is 113 Å². The second-order valence-corrected chi connectivity index (χ2v) is 4.00. The van der Waals surface area contributed by atoms with Gasteiger partial charge < -0.3 is 9.47 Å². The minimum Gasteiger partial charge on any atom is -0.497 e.